The first-order chi connectivity index (χ1) is 13.0. The number of benzene rings is 1. The van der Waals surface area contributed by atoms with Gasteiger partial charge in [-0.25, -0.2) is 0 Å². The standard InChI is InChI=1S/C19H18Cl2N2O4/c1-26-17-4-5-22-10-13(17)19(25)16-11-27-7-6-23(16)18(24)9-12-2-3-14(20)15(21)8-12/h2-5,8,10,16H,6-7,9,11H2,1H3/t16-/m1/s1. The number of pyridine rings is 1. The van der Waals surface area contributed by atoms with E-state index in [9.17, 15) is 9.59 Å². The van der Waals surface area contributed by atoms with Gasteiger partial charge in [0.15, 0.2) is 5.78 Å². The zero-order valence-electron chi connectivity index (χ0n) is 14.7. The molecule has 1 saturated heterocycles. The first-order valence-electron chi connectivity index (χ1n) is 8.34. The van der Waals surface area contributed by atoms with Crippen molar-refractivity contribution in [3.63, 3.8) is 0 Å². The van der Waals surface area contributed by atoms with Crippen LogP contribution in [0, 0.1) is 0 Å². The second-order valence-electron chi connectivity index (χ2n) is 6.04. The Morgan fingerprint density at radius 1 is 1.30 bits per heavy atom. The molecule has 0 saturated carbocycles. The molecule has 0 spiro atoms. The Labute approximate surface area is 167 Å². The number of carbonyl (C=O) groups is 2. The zero-order chi connectivity index (χ0) is 19.4. The fraction of sp³-hybridized carbons (Fsp3) is 0.316. The van der Waals surface area contributed by atoms with Gasteiger partial charge in [-0.1, -0.05) is 29.3 Å². The number of methoxy groups -OCH3 is 1. The number of morpholine rings is 1. The Morgan fingerprint density at radius 2 is 2.11 bits per heavy atom. The van der Waals surface area contributed by atoms with Gasteiger partial charge in [0, 0.05) is 18.9 Å². The molecule has 2 aromatic rings. The number of hydrogen-bond acceptors (Lipinski definition) is 5. The first-order valence-corrected chi connectivity index (χ1v) is 9.10. The highest BCUT2D eigenvalue weighted by molar-refractivity contribution is 6.42. The Morgan fingerprint density at radius 3 is 2.85 bits per heavy atom. The van der Waals surface area contributed by atoms with E-state index in [2.05, 4.69) is 4.98 Å². The molecule has 0 radical (unpaired) electrons. The maximum Gasteiger partial charge on any atom is 0.227 e. The molecule has 0 bridgehead atoms. The third-order valence-electron chi connectivity index (χ3n) is 4.36. The van der Waals surface area contributed by atoms with Crippen molar-refractivity contribution in [2.24, 2.45) is 0 Å². The summed E-state index contributed by atoms with van der Waals surface area (Å²) in [5, 5.41) is 0.813. The average molecular weight is 409 g/mol. The molecule has 6 nitrogen and oxygen atoms in total. The second kappa shape index (κ2) is 8.69. The van der Waals surface area contributed by atoms with Crippen LogP contribution in [-0.4, -0.2) is 54.5 Å². The molecule has 0 aliphatic carbocycles. The smallest absolute Gasteiger partial charge is 0.227 e. The van der Waals surface area contributed by atoms with E-state index >= 15 is 0 Å². The summed E-state index contributed by atoms with van der Waals surface area (Å²) < 4.78 is 10.7. The van der Waals surface area contributed by atoms with Gasteiger partial charge in [-0.3, -0.25) is 14.6 Å². The summed E-state index contributed by atoms with van der Waals surface area (Å²) in [7, 11) is 1.48. The molecule has 1 aromatic heterocycles. The van der Waals surface area contributed by atoms with Crippen LogP contribution < -0.4 is 4.74 Å². The molecule has 1 fully saturated rings. The van der Waals surface area contributed by atoms with Crippen molar-refractivity contribution in [3.8, 4) is 5.75 Å². The molecule has 0 N–H and O–H groups in total. The molecule has 8 heteroatoms. The lowest BCUT2D eigenvalue weighted by Crippen LogP contribution is -2.53. The van der Waals surface area contributed by atoms with E-state index < -0.39 is 6.04 Å². The number of halogens is 2. The molecule has 1 aliphatic rings. The minimum Gasteiger partial charge on any atom is -0.496 e. The first kappa shape index (κ1) is 19.6. The molecule has 1 aliphatic heterocycles. The number of carbonyl (C=O) groups excluding carboxylic acids is 2. The number of ketones is 1. The van der Waals surface area contributed by atoms with Gasteiger partial charge in [-0.2, -0.15) is 0 Å². The fourth-order valence-corrected chi connectivity index (χ4v) is 3.29. The van der Waals surface area contributed by atoms with Gasteiger partial charge in [0.05, 0.1) is 42.4 Å². The highest BCUT2D eigenvalue weighted by Gasteiger charge is 2.34. The molecule has 1 atom stereocenters. The molecular formula is C19H18Cl2N2O4. The quantitative estimate of drug-likeness (QED) is 0.711. The molecule has 1 amide bonds. The monoisotopic (exact) mass is 408 g/mol. The summed E-state index contributed by atoms with van der Waals surface area (Å²) >= 11 is 11.9. The lowest BCUT2D eigenvalue weighted by atomic mass is 10.0. The third-order valence-corrected chi connectivity index (χ3v) is 5.10. The van der Waals surface area contributed by atoms with Crippen LogP contribution in [0.5, 0.6) is 5.75 Å². The Balaban J connectivity index is 1.81. The predicted octanol–water partition coefficient (Wildman–Crippen LogP) is 3.05. The van der Waals surface area contributed by atoms with Crippen LogP contribution in [0.3, 0.4) is 0 Å². The van der Waals surface area contributed by atoms with Crippen molar-refractivity contribution in [2.45, 2.75) is 12.5 Å². The summed E-state index contributed by atoms with van der Waals surface area (Å²) in [6.07, 6.45) is 3.10. The Hall–Kier alpha value is -2.15. The molecule has 3 rings (SSSR count). The summed E-state index contributed by atoms with van der Waals surface area (Å²) in [5.41, 5.74) is 1.05. The fourth-order valence-electron chi connectivity index (χ4n) is 2.97. The van der Waals surface area contributed by atoms with E-state index in [1.54, 1.807) is 35.4 Å². The van der Waals surface area contributed by atoms with Crippen molar-refractivity contribution in [2.75, 3.05) is 26.9 Å². The van der Waals surface area contributed by atoms with Gasteiger partial charge < -0.3 is 14.4 Å². The van der Waals surface area contributed by atoms with Crippen LogP contribution in [0.1, 0.15) is 15.9 Å². The largest absolute Gasteiger partial charge is 0.496 e. The average Bonchev–Trinajstić information content (AvgIpc) is 2.70. The molecule has 142 valence electrons. The summed E-state index contributed by atoms with van der Waals surface area (Å²) in [5.74, 6) is -0.0301. The summed E-state index contributed by atoms with van der Waals surface area (Å²) in [6, 6.07) is 5.93. The van der Waals surface area contributed by atoms with E-state index in [4.69, 9.17) is 32.7 Å². The summed E-state index contributed by atoms with van der Waals surface area (Å²) in [4.78, 5) is 31.4. The van der Waals surface area contributed by atoms with Crippen LogP contribution in [0.25, 0.3) is 0 Å². The van der Waals surface area contributed by atoms with Crippen LogP contribution in [0.4, 0.5) is 0 Å². The number of aromatic nitrogens is 1. The summed E-state index contributed by atoms with van der Waals surface area (Å²) in [6.45, 7) is 0.838. The lowest BCUT2D eigenvalue weighted by molar-refractivity contribution is -0.137. The molecular weight excluding hydrogens is 391 g/mol. The van der Waals surface area contributed by atoms with Crippen molar-refractivity contribution in [1.82, 2.24) is 9.88 Å². The van der Waals surface area contributed by atoms with E-state index in [-0.39, 0.29) is 24.7 Å². The van der Waals surface area contributed by atoms with E-state index in [0.29, 0.717) is 34.5 Å². The maximum atomic E-state index is 13.0. The lowest BCUT2D eigenvalue weighted by Gasteiger charge is -2.35. The van der Waals surface area contributed by atoms with E-state index in [1.165, 1.54) is 13.3 Å². The number of ether oxygens (including phenoxy) is 2. The normalized spacial score (nSPS) is 16.9. The van der Waals surface area contributed by atoms with Crippen LogP contribution in [0.2, 0.25) is 10.0 Å². The molecule has 2 heterocycles. The highest BCUT2D eigenvalue weighted by Crippen LogP contribution is 2.24. The molecule has 27 heavy (non-hydrogen) atoms. The van der Waals surface area contributed by atoms with Gasteiger partial charge in [0.1, 0.15) is 11.8 Å². The topological polar surface area (TPSA) is 68.7 Å². The number of hydrogen-bond donors (Lipinski definition) is 0. The molecule has 1 aromatic carbocycles. The van der Waals surface area contributed by atoms with Crippen LogP contribution in [0.15, 0.2) is 36.7 Å². The number of amides is 1. The van der Waals surface area contributed by atoms with Crippen molar-refractivity contribution >= 4 is 34.9 Å². The van der Waals surface area contributed by atoms with Gasteiger partial charge in [-0.05, 0) is 23.8 Å². The van der Waals surface area contributed by atoms with Gasteiger partial charge >= 0.3 is 0 Å². The van der Waals surface area contributed by atoms with Crippen molar-refractivity contribution in [3.05, 3.63) is 57.8 Å². The highest BCUT2D eigenvalue weighted by atomic mass is 35.5. The number of rotatable bonds is 5. The third kappa shape index (κ3) is 4.40. The minimum absolute atomic E-state index is 0.116. The van der Waals surface area contributed by atoms with Gasteiger partial charge in [0.2, 0.25) is 5.91 Å². The Bertz CT molecular complexity index is 859. The van der Waals surface area contributed by atoms with E-state index in [0.717, 1.165) is 5.56 Å². The van der Waals surface area contributed by atoms with Crippen LogP contribution in [-0.2, 0) is 16.0 Å². The van der Waals surface area contributed by atoms with Gasteiger partial charge in [0.25, 0.3) is 0 Å². The molecule has 0 unspecified atom stereocenters. The Kier molecular flexibility index (Phi) is 6.31. The minimum atomic E-state index is -0.730. The number of Topliss-reactive ketones (excluding diaryl/α,β-unsaturated/α-hetero) is 1. The number of nitrogens with zero attached hydrogens (tertiary/aromatic N) is 2. The van der Waals surface area contributed by atoms with Gasteiger partial charge in [-0.15, -0.1) is 0 Å². The second-order valence-corrected chi connectivity index (χ2v) is 6.86. The van der Waals surface area contributed by atoms with E-state index in [1.807, 2.05) is 0 Å². The van der Waals surface area contributed by atoms with Crippen molar-refractivity contribution in [1.29, 1.82) is 0 Å². The van der Waals surface area contributed by atoms with Crippen LogP contribution >= 0.6 is 23.2 Å². The van der Waals surface area contributed by atoms with Crippen molar-refractivity contribution < 1.29 is 19.1 Å². The SMILES string of the molecule is COc1ccncc1C(=O)[C@H]1COCCN1C(=O)Cc1ccc(Cl)c(Cl)c1. The zero-order valence-corrected chi connectivity index (χ0v) is 16.2. The predicted molar refractivity (Wildman–Crippen MR) is 102 cm³/mol. The maximum absolute atomic E-state index is 13.0.